The van der Waals surface area contributed by atoms with Gasteiger partial charge in [0, 0.05) is 28.6 Å². The van der Waals surface area contributed by atoms with Gasteiger partial charge in [-0.1, -0.05) is 34.5 Å². The number of halogens is 2. The van der Waals surface area contributed by atoms with E-state index in [1.165, 1.54) is 29.1 Å². The number of rotatable bonds is 5. The van der Waals surface area contributed by atoms with E-state index < -0.39 is 4.92 Å². The summed E-state index contributed by atoms with van der Waals surface area (Å²) in [6.07, 6.45) is 2.77. The highest BCUT2D eigenvalue weighted by molar-refractivity contribution is 9.10. The molecule has 27 heavy (non-hydrogen) atoms. The number of non-ortho nitro benzene ring substituents is 1. The van der Waals surface area contributed by atoms with Crippen LogP contribution in [0, 0.1) is 10.1 Å². The Bertz CT molecular complexity index is 1130. The molecule has 3 aromatic rings. The molecule has 0 aliphatic rings. The molecule has 7 nitrogen and oxygen atoms in total. The maximum Gasteiger partial charge on any atom is 0.282 e. The lowest BCUT2D eigenvalue weighted by Gasteiger charge is -2.08. The molecule has 1 heterocycles. The van der Waals surface area contributed by atoms with E-state index in [1.807, 2.05) is 13.0 Å². The van der Waals surface area contributed by atoms with E-state index in [2.05, 4.69) is 26.0 Å². The third kappa shape index (κ3) is 4.06. The van der Waals surface area contributed by atoms with Crippen LogP contribution in [0.2, 0.25) is 5.02 Å². The molecule has 0 atom stereocenters. The van der Waals surface area contributed by atoms with Crippen molar-refractivity contribution in [2.45, 2.75) is 19.8 Å². The van der Waals surface area contributed by atoms with E-state index in [0.29, 0.717) is 28.7 Å². The second-order valence-corrected chi connectivity index (χ2v) is 7.09. The zero-order chi connectivity index (χ0) is 19.6. The highest BCUT2D eigenvalue weighted by Gasteiger charge is 2.12. The van der Waals surface area contributed by atoms with Gasteiger partial charge in [0.2, 0.25) is 0 Å². The summed E-state index contributed by atoms with van der Waals surface area (Å²) in [7, 11) is 0. The first-order valence-corrected chi connectivity index (χ1v) is 9.27. The van der Waals surface area contributed by atoms with Crippen molar-refractivity contribution >= 4 is 50.3 Å². The molecule has 3 rings (SSSR count). The Morgan fingerprint density at radius 3 is 2.78 bits per heavy atom. The Kier molecular flexibility index (Phi) is 5.67. The van der Waals surface area contributed by atoms with Crippen molar-refractivity contribution < 1.29 is 4.92 Å². The molecule has 0 bridgehead atoms. The van der Waals surface area contributed by atoms with Gasteiger partial charge in [-0.15, -0.1) is 0 Å². The zero-order valence-corrected chi connectivity index (χ0v) is 16.6. The van der Waals surface area contributed by atoms with Crippen molar-refractivity contribution in [3.05, 3.63) is 77.7 Å². The van der Waals surface area contributed by atoms with Crippen LogP contribution in [-0.4, -0.2) is 20.8 Å². The number of nitrogens with zero attached hydrogens (tertiary/aromatic N) is 4. The lowest BCUT2D eigenvalue weighted by Crippen LogP contribution is -2.22. The van der Waals surface area contributed by atoms with Gasteiger partial charge in [-0.2, -0.15) is 9.78 Å². The van der Waals surface area contributed by atoms with Crippen molar-refractivity contribution in [3.8, 4) is 0 Å². The molecule has 0 N–H and O–H groups in total. The van der Waals surface area contributed by atoms with E-state index in [4.69, 9.17) is 11.6 Å². The minimum atomic E-state index is -0.526. The van der Waals surface area contributed by atoms with Crippen LogP contribution in [0.15, 0.2) is 50.8 Å². The molecule has 0 radical (unpaired) electrons. The summed E-state index contributed by atoms with van der Waals surface area (Å²) in [4.78, 5) is 27.7. The topological polar surface area (TPSA) is 90.4 Å². The van der Waals surface area contributed by atoms with Crippen molar-refractivity contribution in [1.29, 1.82) is 0 Å². The van der Waals surface area contributed by atoms with E-state index in [0.717, 1.165) is 10.9 Å². The van der Waals surface area contributed by atoms with Gasteiger partial charge in [-0.05, 0) is 30.7 Å². The predicted molar refractivity (Wildman–Crippen MR) is 109 cm³/mol. The van der Waals surface area contributed by atoms with Crippen LogP contribution in [0.5, 0.6) is 0 Å². The molecule has 0 saturated carbocycles. The van der Waals surface area contributed by atoms with Crippen molar-refractivity contribution in [1.82, 2.24) is 9.66 Å². The summed E-state index contributed by atoms with van der Waals surface area (Å²) in [6.45, 7) is 1.99. The SMILES string of the molecule is CCCc1nc2ccc(Br)cc2c(=O)n1N=Cc1ccc([N+](=O)[O-])cc1Cl. The first-order valence-electron chi connectivity index (χ1n) is 8.10. The van der Waals surface area contributed by atoms with Gasteiger partial charge in [-0.3, -0.25) is 14.9 Å². The monoisotopic (exact) mass is 448 g/mol. The minimum Gasteiger partial charge on any atom is -0.267 e. The normalized spacial score (nSPS) is 11.4. The molecule has 9 heteroatoms. The van der Waals surface area contributed by atoms with Gasteiger partial charge in [0.1, 0.15) is 5.82 Å². The number of hydrogen-bond donors (Lipinski definition) is 0. The summed E-state index contributed by atoms with van der Waals surface area (Å²) in [5.74, 6) is 0.534. The van der Waals surface area contributed by atoms with Crippen molar-refractivity contribution in [2.24, 2.45) is 5.10 Å². The van der Waals surface area contributed by atoms with Crippen LogP contribution < -0.4 is 5.56 Å². The number of nitro benzene ring substituents is 1. The number of benzene rings is 2. The van der Waals surface area contributed by atoms with E-state index in [-0.39, 0.29) is 16.3 Å². The Balaban J connectivity index is 2.11. The largest absolute Gasteiger partial charge is 0.282 e. The number of hydrogen-bond acceptors (Lipinski definition) is 5. The van der Waals surface area contributed by atoms with Gasteiger partial charge >= 0.3 is 0 Å². The lowest BCUT2D eigenvalue weighted by molar-refractivity contribution is -0.384. The van der Waals surface area contributed by atoms with Crippen LogP contribution in [0.4, 0.5) is 5.69 Å². The Morgan fingerprint density at radius 2 is 2.11 bits per heavy atom. The molecule has 0 aliphatic heterocycles. The molecule has 0 amide bonds. The molecular formula is C18H14BrClN4O3. The van der Waals surface area contributed by atoms with Gasteiger partial charge in [-0.25, -0.2) is 4.98 Å². The molecule has 0 aliphatic carbocycles. The number of aryl methyl sites for hydroxylation is 1. The fourth-order valence-corrected chi connectivity index (χ4v) is 3.14. The number of nitro groups is 1. The molecule has 0 fully saturated rings. The zero-order valence-electron chi connectivity index (χ0n) is 14.2. The average Bonchev–Trinajstić information content (AvgIpc) is 2.63. The third-order valence-electron chi connectivity index (χ3n) is 3.86. The van der Waals surface area contributed by atoms with Crippen LogP contribution in [0.25, 0.3) is 10.9 Å². The second kappa shape index (κ2) is 7.98. The minimum absolute atomic E-state index is 0.113. The summed E-state index contributed by atoms with van der Waals surface area (Å²) < 4.78 is 2.02. The maximum atomic E-state index is 12.9. The van der Waals surface area contributed by atoms with Crippen molar-refractivity contribution in [3.63, 3.8) is 0 Å². The number of aromatic nitrogens is 2. The smallest absolute Gasteiger partial charge is 0.267 e. The van der Waals surface area contributed by atoms with E-state index in [9.17, 15) is 14.9 Å². The first-order chi connectivity index (χ1) is 12.9. The van der Waals surface area contributed by atoms with Gasteiger partial charge in [0.25, 0.3) is 11.2 Å². The molecule has 1 aromatic heterocycles. The summed E-state index contributed by atoms with van der Waals surface area (Å²) >= 11 is 9.45. The predicted octanol–water partition coefficient (Wildman–Crippen LogP) is 4.56. The Morgan fingerprint density at radius 1 is 1.33 bits per heavy atom. The molecular weight excluding hydrogens is 436 g/mol. The highest BCUT2D eigenvalue weighted by Crippen LogP contribution is 2.21. The average molecular weight is 450 g/mol. The van der Waals surface area contributed by atoms with Crippen LogP contribution >= 0.6 is 27.5 Å². The van der Waals surface area contributed by atoms with Crippen LogP contribution in [0.1, 0.15) is 24.7 Å². The van der Waals surface area contributed by atoms with E-state index in [1.54, 1.807) is 12.1 Å². The molecule has 0 unspecified atom stereocenters. The molecule has 0 spiro atoms. The summed E-state index contributed by atoms with van der Waals surface area (Å²) in [5, 5.41) is 15.7. The first kappa shape index (κ1) is 19.2. The third-order valence-corrected chi connectivity index (χ3v) is 4.68. The van der Waals surface area contributed by atoms with Gasteiger partial charge < -0.3 is 0 Å². The lowest BCUT2D eigenvalue weighted by atomic mass is 10.2. The van der Waals surface area contributed by atoms with Gasteiger partial charge in [0.15, 0.2) is 0 Å². The fourth-order valence-electron chi connectivity index (χ4n) is 2.55. The maximum absolute atomic E-state index is 12.9. The summed E-state index contributed by atoms with van der Waals surface area (Å²) in [5.41, 5.74) is 0.662. The standard InChI is InChI=1S/C18H14BrClN4O3/c1-2-3-17-22-16-7-5-12(19)8-14(16)18(25)23(17)21-10-11-4-6-13(24(26)27)9-15(11)20/h4-10H,2-3H2,1H3. The Hall–Kier alpha value is -2.58. The summed E-state index contributed by atoms with van der Waals surface area (Å²) in [6, 6.07) is 9.37. The van der Waals surface area contributed by atoms with Crippen LogP contribution in [-0.2, 0) is 6.42 Å². The Labute approximate surface area is 167 Å². The molecule has 0 saturated heterocycles. The molecule has 138 valence electrons. The number of fused-ring (bicyclic) bond motifs is 1. The highest BCUT2D eigenvalue weighted by atomic mass is 79.9. The fraction of sp³-hybridized carbons (Fsp3) is 0.167. The van der Waals surface area contributed by atoms with Crippen molar-refractivity contribution in [2.75, 3.05) is 0 Å². The quantitative estimate of drug-likeness (QED) is 0.324. The van der Waals surface area contributed by atoms with Crippen LogP contribution in [0.3, 0.4) is 0 Å². The van der Waals surface area contributed by atoms with Gasteiger partial charge in [0.05, 0.1) is 27.1 Å². The second-order valence-electron chi connectivity index (χ2n) is 5.76. The molecule has 2 aromatic carbocycles. The van der Waals surface area contributed by atoms with E-state index >= 15 is 0 Å².